The van der Waals surface area contributed by atoms with E-state index in [1.807, 2.05) is 0 Å². The van der Waals surface area contributed by atoms with Gasteiger partial charge in [0.15, 0.2) is 0 Å². The van der Waals surface area contributed by atoms with Gasteiger partial charge < -0.3 is 5.32 Å². The molecule has 1 aromatic carbocycles. The number of nitrogens with one attached hydrogen (secondary N) is 1. The fourth-order valence-corrected chi connectivity index (χ4v) is 3.20. The maximum absolute atomic E-state index is 3.66. The molecule has 0 spiro atoms. The van der Waals surface area contributed by atoms with Gasteiger partial charge in [-0.3, -0.25) is 0 Å². The first kappa shape index (κ1) is 8.49. The molecule has 1 saturated heterocycles. The van der Waals surface area contributed by atoms with Crippen LogP contribution in [0.5, 0.6) is 0 Å². The molecule has 1 N–H and O–H groups in total. The van der Waals surface area contributed by atoms with Crippen LogP contribution in [0, 0.1) is 5.92 Å². The van der Waals surface area contributed by atoms with Gasteiger partial charge in [-0.2, -0.15) is 0 Å². The van der Waals surface area contributed by atoms with Crippen LogP contribution in [0.2, 0.25) is 0 Å². The van der Waals surface area contributed by atoms with Crippen LogP contribution in [0.1, 0.15) is 30.4 Å². The molecule has 14 heavy (non-hydrogen) atoms. The van der Waals surface area contributed by atoms with Crippen LogP contribution in [0.25, 0.3) is 0 Å². The monoisotopic (exact) mass is 187 g/mol. The molecular formula is C13H17N. The molecule has 1 nitrogen and oxygen atoms in total. The molecule has 2 aliphatic rings. The molecule has 74 valence electrons. The third kappa shape index (κ3) is 1.12. The number of hydrogen-bond acceptors (Lipinski definition) is 1. The van der Waals surface area contributed by atoms with Gasteiger partial charge in [-0.05, 0) is 36.4 Å². The largest absolute Gasteiger partial charge is 0.313 e. The molecular weight excluding hydrogens is 170 g/mol. The van der Waals surface area contributed by atoms with E-state index in [1.54, 1.807) is 11.1 Å². The Morgan fingerprint density at radius 2 is 2.14 bits per heavy atom. The average molecular weight is 187 g/mol. The summed E-state index contributed by atoms with van der Waals surface area (Å²) in [5.41, 5.74) is 3.18. The Labute approximate surface area is 85.5 Å². The molecule has 0 radical (unpaired) electrons. The fraction of sp³-hybridized carbons (Fsp3) is 0.538. The van der Waals surface area contributed by atoms with Crippen molar-refractivity contribution in [2.75, 3.05) is 6.54 Å². The number of hydrogen-bond donors (Lipinski definition) is 1. The van der Waals surface area contributed by atoms with E-state index >= 15 is 0 Å². The summed E-state index contributed by atoms with van der Waals surface area (Å²) >= 11 is 0. The summed E-state index contributed by atoms with van der Waals surface area (Å²) in [5, 5.41) is 3.66. The van der Waals surface area contributed by atoms with Crippen LogP contribution >= 0.6 is 0 Å². The second-order valence-corrected chi connectivity index (χ2v) is 4.76. The number of piperidine rings is 1. The molecule has 1 heteroatoms. The number of fused-ring (bicyclic) bond motifs is 3. The molecule has 1 aromatic rings. The van der Waals surface area contributed by atoms with Crippen LogP contribution < -0.4 is 5.32 Å². The molecule has 1 aliphatic carbocycles. The SMILES string of the molecule is CC1CCN[C@H]2Cc3ccccc3[C@@H]12. The van der Waals surface area contributed by atoms with E-state index in [0.717, 1.165) is 17.9 Å². The van der Waals surface area contributed by atoms with Gasteiger partial charge in [-0.15, -0.1) is 0 Å². The van der Waals surface area contributed by atoms with Crippen molar-refractivity contribution >= 4 is 0 Å². The lowest BCUT2D eigenvalue weighted by molar-refractivity contribution is 0.287. The lowest BCUT2D eigenvalue weighted by atomic mass is 9.81. The van der Waals surface area contributed by atoms with E-state index in [-0.39, 0.29) is 0 Å². The smallest absolute Gasteiger partial charge is 0.0179 e. The van der Waals surface area contributed by atoms with Crippen LogP contribution in [-0.2, 0) is 6.42 Å². The van der Waals surface area contributed by atoms with Crippen molar-refractivity contribution < 1.29 is 0 Å². The van der Waals surface area contributed by atoms with Crippen molar-refractivity contribution in [3.8, 4) is 0 Å². The van der Waals surface area contributed by atoms with E-state index < -0.39 is 0 Å². The molecule has 1 aliphatic heterocycles. The maximum atomic E-state index is 3.66. The molecule has 1 unspecified atom stereocenters. The summed E-state index contributed by atoms with van der Waals surface area (Å²) in [6.07, 6.45) is 2.57. The Bertz CT molecular complexity index is 345. The molecule has 1 heterocycles. The Kier molecular flexibility index (Phi) is 1.88. The zero-order valence-electron chi connectivity index (χ0n) is 8.66. The van der Waals surface area contributed by atoms with E-state index in [9.17, 15) is 0 Å². The van der Waals surface area contributed by atoms with Crippen molar-refractivity contribution in [2.24, 2.45) is 5.92 Å². The number of rotatable bonds is 0. The lowest BCUT2D eigenvalue weighted by Crippen LogP contribution is -2.41. The molecule has 3 rings (SSSR count). The topological polar surface area (TPSA) is 12.0 Å². The Hall–Kier alpha value is -0.820. The van der Waals surface area contributed by atoms with Gasteiger partial charge in [0.1, 0.15) is 0 Å². The molecule has 0 saturated carbocycles. The quantitative estimate of drug-likeness (QED) is 0.657. The molecule has 0 aromatic heterocycles. The van der Waals surface area contributed by atoms with Crippen LogP contribution in [0.3, 0.4) is 0 Å². The predicted octanol–water partition coefficient (Wildman–Crippen LogP) is 2.32. The highest BCUT2D eigenvalue weighted by molar-refractivity contribution is 5.38. The first-order valence-electron chi connectivity index (χ1n) is 5.67. The van der Waals surface area contributed by atoms with Crippen molar-refractivity contribution in [3.05, 3.63) is 35.4 Å². The third-order valence-corrected chi connectivity index (χ3v) is 3.91. The van der Waals surface area contributed by atoms with E-state index in [2.05, 4.69) is 36.5 Å². The Morgan fingerprint density at radius 3 is 3.07 bits per heavy atom. The van der Waals surface area contributed by atoms with Crippen molar-refractivity contribution in [1.29, 1.82) is 0 Å². The van der Waals surface area contributed by atoms with E-state index in [1.165, 1.54) is 19.4 Å². The minimum atomic E-state index is 0.719. The predicted molar refractivity (Wildman–Crippen MR) is 58.5 cm³/mol. The Balaban J connectivity index is 2.03. The summed E-state index contributed by atoms with van der Waals surface area (Å²) in [6, 6.07) is 9.69. The van der Waals surface area contributed by atoms with Gasteiger partial charge in [0.05, 0.1) is 0 Å². The summed E-state index contributed by atoms with van der Waals surface area (Å²) in [6.45, 7) is 3.61. The van der Waals surface area contributed by atoms with Gasteiger partial charge in [0.25, 0.3) is 0 Å². The molecule has 1 fully saturated rings. The fourth-order valence-electron chi connectivity index (χ4n) is 3.20. The van der Waals surface area contributed by atoms with Gasteiger partial charge in [0, 0.05) is 12.0 Å². The van der Waals surface area contributed by atoms with Gasteiger partial charge in [0.2, 0.25) is 0 Å². The minimum Gasteiger partial charge on any atom is -0.313 e. The van der Waals surface area contributed by atoms with E-state index in [0.29, 0.717) is 0 Å². The molecule has 0 amide bonds. The summed E-state index contributed by atoms with van der Waals surface area (Å²) < 4.78 is 0. The first-order valence-corrected chi connectivity index (χ1v) is 5.67. The highest BCUT2D eigenvalue weighted by Gasteiger charge is 2.37. The highest BCUT2D eigenvalue weighted by atomic mass is 14.9. The van der Waals surface area contributed by atoms with Crippen molar-refractivity contribution in [3.63, 3.8) is 0 Å². The third-order valence-electron chi connectivity index (χ3n) is 3.91. The second-order valence-electron chi connectivity index (χ2n) is 4.76. The summed E-state index contributed by atoms with van der Waals surface area (Å²) in [5.74, 6) is 1.63. The number of benzene rings is 1. The zero-order valence-corrected chi connectivity index (χ0v) is 8.66. The lowest BCUT2D eigenvalue weighted by Gasteiger charge is -2.33. The average Bonchev–Trinajstić information content (AvgIpc) is 2.57. The van der Waals surface area contributed by atoms with Crippen molar-refractivity contribution in [1.82, 2.24) is 5.32 Å². The van der Waals surface area contributed by atoms with Gasteiger partial charge >= 0.3 is 0 Å². The summed E-state index contributed by atoms with van der Waals surface area (Å²) in [7, 11) is 0. The Morgan fingerprint density at radius 1 is 1.29 bits per heavy atom. The van der Waals surface area contributed by atoms with Gasteiger partial charge in [-0.25, -0.2) is 0 Å². The normalized spacial score (nSPS) is 35.1. The first-order chi connectivity index (χ1) is 6.86. The van der Waals surface area contributed by atoms with Crippen LogP contribution in [-0.4, -0.2) is 12.6 Å². The zero-order chi connectivity index (χ0) is 9.54. The second kappa shape index (κ2) is 3.09. The van der Waals surface area contributed by atoms with Gasteiger partial charge in [-0.1, -0.05) is 31.2 Å². The highest BCUT2D eigenvalue weighted by Crippen LogP contribution is 2.41. The maximum Gasteiger partial charge on any atom is 0.0179 e. The molecule has 0 bridgehead atoms. The standard InChI is InChI=1S/C13H17N/c1-9-6-7-14-12-8-10-4-2-3-5-11(10)13(9)12/h2-5,9,12-14H,6-8H2,1H3/t9?,12-,13+/m0/s1. The van der Waals surface area contributed by atoms with Crippen LogP contribution in [0.4, 0.5) is 0 Å². The summed E-state index contributed by atoms with van der Waals surface area (Å²) in [4.78, 5) is 0. The van der Waals surface area contributed by atoms with Crippen LogP contribution in [0.15, 0.2) is 24.3 Å². The molecule has 3 atom stereocenters. The van der Waals surface area contributed by atoms with Crippen molar-refractivity contribution in [2.45, 2.75) is 31.7 Å². The minimum absolute atomic E-state index is 0.719. The van der Waals surface area contributed by atoms with E-state index in [4.69, 9.17) is 0 Å².